The van der Waals surface area contributed by atoms with Gasteiger partial charge in [-0.05, 0) is 44.0 Å². The fourth-order valence-electron chi connectivity index (χ4n) is 3.56. The largest absolute Gasteiger partial charge is 0.477 e. The minimum absolute atomic E-state index is 0.0737. The Morgan fingerprint density at radius 3 is 2.52 bits per heavy atom. The average Bonchev–Trinajstić information content (AvgIpc) is 2.66. The van der Waals surface area contributed by atoms with Crippen molar-refractivity contribution in [3.63, 3.8) is 0 Å². The number of alkyl halides is 3. The third kappa shape index (κ3) is 4.02. The van der Waals surface area contributed by atoms with Gasteiger partial charge in [0.15, 0.2) is 11.6 Å². The second kappa shape index (κ2) is 7.88. The highest BCUT2D eigenvalue weighted by atomic mass is 19.4. The summed E-state index contributed by atoms with van der Waals surface area (Å²) in [5.41, 5.74) is -0.0941. The second-order valence-electron chi connectivity index (χ2n) is 7.11. The number of aromatic nitrogens is 2. The van der Waals surface area contributed by atoms with Crippen molar-refractivity contribution in [2.45, 2.75) is 33.0 Å². The van der Waals surface area contributed by atoms with E-state index in [1.165, 1.54) is 26.1 Å². The molecule has 31 heavy (non-hydrogen) atoms. The molecule has 1 atom stereocenters. The van der Waals surface area contributed by atoms with Crippen molar-refractivity contribution in [1.82, 2.24) is 14.9 Å². The van der Waals surface area contributed by atoms with E-state index in [1.54, 1.807) is 25.9 Å². The first-order chi connectivity index (χ1) is 14.5. The van der Waals surface area contributed by atoms with Gasteiger partial charge in [-0.1, -0.05) is 12.1 Å². The zero-order valence-electron chi connectivity index (χ0n) is 17.1. The maximum absolute atomic E-state index is 13.3. The van der Waals surface area contributed by atoms with Crippen molar-refractivity contribution in [2.24, 2.45) is 0 Å². The van der Waals surface area contributed by atoms with E-state index in [-0.39, 0.29) is 34.0 Å². The zero-order chi connectivity index (χ0) is 23.1. The SMILES string of the molecule is Cc1nc(N[C@H](C)c2cccc(C(F)(F)F)c2C)c2c(n1)C(=C=O)N(C)C(C(=O)O)=C2. The van der Waals surface area contributed by atoms with Crippen molar-refractivity contribution >= 4 is 29.5 Å². The summed E-state index contributed by atoms with van der Waals surface area (Å²) >= 11 is 0. The summed E-state index contributed by atoms with van der Waals surface area (Å²) in [5.74, 6) is 0.938. The van der Waals surface area contributed by atoms with Crippen molar-refractivity contribution in [3.8, 4) is 0 Å². The van der Waals surface area contributed by atoms with Gasteiger partial charge in [0.25, 0.3) is 0 Å². The first kappa shape index (κ1) is 22.0. The number of halogens is 3. The fourth-order valence-corrected chi connectivity index (χ4v) is 3.56. The number of nitrogens with zero attached hydrogens (tertiary/aromatic N) is 3. The number of hydrogen-bond donors (Lipinski definition) is 2. The molecule has 1 aliphatic heterocycles. The van der Waals surface area contributed by atoms with Gasteiger partial charge in [0, 0.05) is 12.6 Å². The van der Waals surface area contributed by atoms with E-state index in [9.17, 15) is 27.9 Å². The lowest BCUT2D eigenvalue weighted by Crippen LogP contribution is -2.27. The number of carboxylic acids is 1. The Hall–Kier alpha value is -3.65. The molecule has 7 nitrogen and oxygen atoms in total. The number of carbonyl (C=O) groups is 1. The van der Waals surface area contributed by atoms with E-state index in [0.29, 0.717) is 11.4 Å². The standard InChI is InChI=1S/C21H19F3N4O3/c1-10-13(6-5-7-15(10)21(22,23)24)11(2)25-19-14-8-16(20(30)31)28(4)17(9-29)18(14)26-12(3)27-19/h5-8,11H,1-4H3,(H,30,31)(H,25,26,27)/t11-/m1/s1. The number of hydrogen-bond acceptors (Lipinski definition) is 6. The molecule has 2 heterocycles. The minimum Gasteiger partial charge on any atom is -0.477 e. The van der Waals surface area contributed by atoms with Crippen LogP contribution in [0.1, 0.15) is 46.7 Å². The molecule has 0 unspecified atom stereocenters. The summed E-state index contributed by atoms with van der Waals surface area (Å²) < 4.78 is 39.9. The first-order valence-electron chi connectivity index (χ1n) is 9.21. The minimum atomic E-state index is -4.49. The van der Waals surface area contributed by atoms with Gasteiger partial charge in [-0.2, -0.15) is 13.2 Å². The monoisotopic (exact) mass is 432 g/mol. The molecule has 0 aliphatic carbocycles. The van der Waals surface area contributed by atoms with Gasteiger partial charge in [-0.15, -0.1) is 0 Å². The van der Waals surface area contributed by atoms with E-state index >= 15 is 0 Å². The summed E-state index contributed by atoms with van der Waals surface area (Å²) in [4.78, 5) is 32.8. The molecule has 1 aliphatic rings. The summed E-state index contributed by atoms with van der Waals surface area (Å²) in [6.45, 7) is 4.64. The van der Waals surface area contributed by atoms with Crippen molar-refractivity contribution in [2.75, 3.05) is 12.4 Å². The molecule has 0 spiro atoms. The lowest BCUT2D eigenvalue weighted by atomic mass is 9.97. The van der Waals surface area contributed by atoms with Gasteiger partial charge >= 0.3 is 12.1 Å². The van der Waals surface area contributed by atoms with E-state index in [4.69, 9.17) is 0 Å². The summed E-state index contributed by atoms with van der Waals surface area (Å²) in [6.07, 6.45) is -3.18. The van der Waals surface area contributed by atoms with Crippen LogP contribution in [0.4, 0.5) is 19.0 Å². The number of likely N-dealkylation sites (N-methyl/N-ethyl adjacent to an activating group) is 1. The van der Waals surface area contributed by atoms with Gasteiger partial charge in [0.1, 0.15) is 23.0 Å². The maximum atomic E-state index is 13.3. The fraction of sp³-hybridized carbons (Fsp3) is 0.286. The molecule has 0 amide bonds. The normalized spacial score (nSPS) is 14.5. The molecule has 2 N–H and O–H groups in total. The molecule has 10 heteroatoms. The zero-order valence-corrected chi connectivity index (χ0v) is 17.1. The van der Waals surface area contributed by atoms with Crippen LogP contribution in [0.2, 0.25) is 0 Å². The van der Waals surface area contributed by atoms with Crippen LogP contribution in [0.25, 0.3) is 11.8 Å². The number of nitrogens with one attached hydrogen (secondary N) is 1. The van der Waals surface area contributed by atoms with E-state index < -0.39 is 23.8 Å². The Balaban J connectivity index is 2.12. The number of aliphatic carboxylic acids is 1. The van der Waals surface area contributed by atoms with Crippen LogP contribution in [0.3, 0.4) is 0 Å². The van der Waals surface area contributed by atoms with Crippen LogP contribution in [-0.4, -0.2) is 38.9 Å². The molecule has 1 aromatic heterocycles. The molecule has 2 aromatic rings. The van der Waals surface area contributed by atoms with Gasteiger partial charge in [-0.3, -0.25) is 0 Å². The van der Waals surface area contributed by atoms with Crippen LogP contribution in [0, 0.1) is 13.8 Å². The third-order valence-corrected chi connectivity index (χ3v) is 5.08. The Morgan fingerprint density at radius 1 is 1.26 bits per heavy atom. The maximum Gasteiger partial charge on any atom is 0.416 e. The van der Waals surface area contributed by atoms with E-state index in [0.717, 1.165) is 11.0 Å². The number of anilines is 1. The molecule has 0 saturated heterocycles. The van der Waals surface area contributed by atoms with Crippen molar-refractivity contribution in [1.29, 1.82) is 0 Å². The number of aryl methyl sites for hydroxylation is 1. The Labute approximate surface area is 175 Å². The molecule has 1 aromatic carbocycles. The molecule has 0 fully saturated rings. The van der Waals surface area contributed by atoms with Gasteiger partial charge < -0.3 is 15.3 Å². The highest BCUT2D eigenvalue weighted by Gasteiger charge is 2.34. The smallest absolute Gasteiger partial charge is 0.416 e. The second-order valence-corrected chi connectivity index (χ2v) is 7.11. The summed E-state index contributed by atoms with van der Waals surface area (Å²) in [5, 5.41) is 12.5. The Kier molecular flexibility index (Phi) is 5.61. The van der Waals surface area contributed by atoms with E-state index in [2.05, 4.69) is 15.3 Å². The topological polar surface area (TPSA) is 95.4 Å². The average molecular weight is 432 g/mol. The predicted octanol–water partition coefficient (Wildman–Crippen LogP) is 3.83. The van der Waals surface area contributed by atoms with Gasteiger partial charge in [-0.25, -0.2) is 19.6 Å². The van der Waals surface area contributed by atoms with Gasteiger partial charge in [0.05, 0.1) is 11.6 Å². The summed E-state index contributed by atoms with van der Waals surface area (Å²) in [7, 11) is 1.41. The molecular weight excluding hydrogens is 413 g/mol. The van der Waals surface area contributed by atoms with E-state index in [1.807, 2.05) is 0 Å². The van der Waals surface area contributed by atoms with Crippen molar-refractivity contribution < 1.29 is 27.9 Å². The van der Waals surface area contributed by atoms with Crippen molar-refractivity contribution in [3.05, 3.63) is 57.7 Å². The van der Waals surface area contributed by atoms with Gasteiger partial charge in [0.2, 0.25) is 0 Å². The number of carbonyl (C=O) groups excluding carboxylic acids is 1. The van der Waals surface area contributed by atoms with Crippen LogP contribution in [-0.2, 0) is 15.8 Å². The van der Waals surface area contributed by atoms with Crippen LogP contribution < -0.4 is 5.32 Å². The number of carboxylic acid groups (broad SMARTS) is 1. The lowest BCUT2D eigenvalue weighted by molar-refractivity contribution is -0.138. The number of benzene rings is 1. The van der Waals surface area contributed by atoms with Crippen LogP contribution >= 0.6 is 0 Å². The molecule has 162 valence electrons. The molecule has 0 saturated carbocycles. The third-order valence-electron chi connectivity index (χ3n) is 5.08. The molecule has 3 rings (SSSR count). The Morgan fingerprint density at radius 2 is 1.94 bits per heavy atom. The van der Waals surface area contributed by atoms with Crippen LogP contribution in [0.5, 0.6) is 0 Å². The summed E-state index contributed by atoms with van der Waals surface area (Å²) in [6, 6.07) is 3.31. The van der Waals surface area contributed by atoms with Crippen LogP contribution in [0.15, 0.2) is 23.9 Å². The lowest BCUT2D eigenvalue weighted by Gasteiger charge is -2.28. The molecular formula is C21H19F3N4O3. The first-order valence-corrected chi connectivity index (χ1v) is 9.21. The molecule has 0 radical (unpaired) electrons. The molecule has 0 bridgehead atoms. The highest BCUT2D eigenvalue weighted by Crippen LogP contribution is 2.37. The highest BCUT2D eigenvalue weighted by molar-refractivity contribution is 6.02. The Bertz CT molecular complexity index is 1150. The number of fused-ring (bicyclic) bond motifs is 1. The number of rotatable bonds is 4. The predicted molar refractivity (Wildman–Crippen MR) is 107 cm³/mol. The quantitative estimate of drug-likeness (QED) is 0.709.